The topological polar surface area (TPSA) is 149 Å². The van der Waals surface area contributed by atoms with Crippen LogP contribution >= 0.6 is 48.0 Å². The lowest BCUT2D eigenvalue weighted by atomic mass is 10.1. The van der Waals surface area contributed by atoms with Crippen molar-refractivity contribution in [2.45, 2.75) is 32.2 Å². The number of halogens is 4. The molecule has 2 rings (SSSR count). The lowest BCUT2D eigenvalue weighted by molar-refractivity contribution is -0.145. The van der Waals surface area contributed by atoms with Crippen LogP contribution in [0.1, 0.15) is 35.7 Å². The van der Waals surface area contributed by atoms with Gasteiger partial charge in [0.1, 0.15) is 11.1 Å². The van der Waals surface area contributed by atoms with Gasteiger partial charge in [-0.1, -0.05) is 53.5 Å². The number of carbonyl (C=O) groups is 2. The lowest BCUT2D eigenvalue weighted by Crippen LogP contribution is -2.43. The molecule has 36 heavy (non-hydrogen) atoms. The predicted molar refractivity (Wildman–Crippen MR) is 146 cm³/mol. The van der Waals surface area contributed by atoms with E-state index in [1.807, 2.05) is 30.3 Å². The number of phenolic OH excluding ortho intramolecular Hbond substituents is 1. The summed E-state index contributed by atoms with van der Waals surface area (Å²) < 4.78 is 10.7. The first-order chi connectivity index (χ1) is 16.2. The molecule has 0 aliphatic rings. The minimum atomic E-state index is -0.979. The highest BCUT2D eigenvalue weighted by Crippen LogP contribution is 2.42. The minimum Gasteiger partial charge on any atom is -0.505 e. The molecule has 0 aliphatic carbocycles. The number of ether oxygens (including phenoxy) is 2. The van der Waals surface area contributed by atoms with Crippen molar-refractivity contribution in [3.63, 3.8) is 0 Å². The van der Waals surface area contributed by atoms with Crippen LogP contribution in [0.15, 0.2) is 41.4 Å². The SMILES string of the molecule is CCOC(=O)[C@@H](Cc1ccccc1)NC(=O)c1cc(Cl)c(OCCCCN=C(N)N)c(Cl)c1O.Cl.Cl. The molecule has 13 heteroatoms. The fourth-order valence-corrected chi connectivity index (χ4v) is 3.58. The molecule has 0 saturated carbocycles. The van der Waals surface area contributed by atoms with Crippen molar-refractivity contribution < 1.29 is 24.2 Å². The molecular weight excluding hydrogens is 554 g/mol. The van der Waals surface area contributed by atoms with E-state index in [1.54, 1.807) is 6.92 Å². The van der Waals surface area contributed by atoms with E-state index >= 15 is 0 Å². The Balaban J connectivity index is 0.00000612. The van der Waals surface area contributed by atoms with Crippen molar-refractivity contribution in [1.29, 1.82) is 0 Å². The molecule has 2 aromatic rings. The van der Waals surface area contributed by atoms with E-state index in [2.05, 4.69) is 10.3 Å². The van der Waals surface area contributed by atoms with Gasteiger partial charge in [0.15, 0.2) is 17.5 Å². The monoisotopic (exact) mass is 582 g/mol. The van der Waals surface area contributed by atoms with Gasteiger partial charge in [-0.3, -0.25) is 9.79 Å². The van der Waals surface area contributed by atoms with Crippen LogP contribution in [0, 0.1) is 0 Å². The first-order valence-corrected chi connectivity index (χ1v) is 11.4. The Kier molecular flexibility index (Phi) is 15.7. The zero-order valence-electron chi connectivity index (χ0n) is 19.5. The Bertz CT molecular complexity index is 1020. The second-order valence-corrected chi connectivity index (χ2v) is 8.01. The van der Waals surface area contributed by atoms with Crippen molar-refractivity contribution in [3.05, 3.63) is 57.6 Å². The molecular formula is C23H30Cl4N4O5. The first-order valence-electron chi connectivity index (χ1n) is 10.6. The molecule has 9 nitrogen and oxygen atoms in total. The summed E-state index contributed by atoms with van der Waals surface area (Å²) in [6.45, 7) is 2.51. The number of carbonyl (C=O) groups excluding carboxylic acids is 2. The summed E-state index contributed by atoms with van der Waals surface area (Å²) in [4.78, 5) is 29.2. The Labute approximate surface area is 232 Å². The molecule has 0 saturated heterocycles. The number of esters is 1. The molecule has 0 bridgehead atoms. The molecule has 2 aromatic carbocycles. The molecule has 0 radical (unpaired) electrons. The Hall–Kier alpha value is -2.59. The number of nitrogens with two attached hydrogens (primary N) is 2. The number of phenols is 1. The highest BCUT2D eigenvalue weighted by Gasteiger charge is 2.27. The van der Waals surface area contributed by atoms with Crippen LogP contribution in [0.2, 0.25) is 10.0 Å². The van der Waals surface area contributed by atoms with Gasteiger partial charge in [-0.25, -0.2) is 4.79 Å². The van der Waals surface area contributed by atoms with Gasteiger partial charge in [0.05, 0.1) is 23.8 Å². The summed E-state index contributed by atoms with van der Waals surface area (Å²) >= 11 is 12.5. The van der Waals surface area contributed by atoms with E-state index < -0.39 is 23.7 Å². The maximum absolute atomic E-state index is 12.9. The molecule has 200 valence electrons. The van der Waals surface area contributed by atoms with Crippen molar-refractivity contribution in [1.82, 2.24) is 5.32 Å². The number of guanidine groups is 1. The number of aliphatic imine (C=N–C) groups is 1. The van der Waals surface area contributed by atoms with Crippen LogP contribution in [-0.4, -0.2) is 48.7 Å². The third-order valence-corrected chi connectivity index (χ3v) is 5.28. The third-order valence-electron chi connectivity index (χ3n) is 4.65. The fourth-order valence-electron chi connectivity index (χ4n) is 3.01. The summed E-state index contributed by atoms with van der Waals surface area (Å²) in [6.07, 6.45) is 1.47. The standard InChI is InChI=1S/C23H28Cl2N4O5.2ClH/c1-2-33-22(32)17(12-14-8-4-3-5-9-14)29-21(31)15-13-16(24)20(18(25)19(15)30)34-11-7-6-10-28-23(26)27;;/h3-5,8-9,13,17,30H,2,6-7,10-12H2,1H3,(H,29,31)(H4,26,27,28);2*1H/t17-;;/m1../s1. The van der Waals surface area contributed by atoms with Crippen molar-refractivity contribution in [3.8, 4) is 11.5 Å². The van der Waals surface area contributed by atoms with Crippen LogP contribution in [-0.2, 0) is 16.0 Å². The van der Waals surface area contributed by atoms with Crippen molar-refractivity contribution >= 4 is 65.9 Å². The molecule has 0 aromatic heterocycles. The normalized spacial score (nSPS) is 10.8. The molecule has 0 aliphatic heterocycles. The van der Waals surface area contributed by atoms with Crippen molar-refractivity contribution in [2.75, 3.05) is 19.8 Å². The molecule has 0 unspecified atom stereocenters. The Morgan fingerprint density at radius 3 is 2.42 bits per heavy atom. The summed E-state index contributed by atoms with van der Waals surface area (Å²) in [5.74, 6) is -1.79. The van der Waals surface area contributed by atoms with E-state index in [0.29, 0.717) is 19.4 Å². The molecule has 6 N–H and O–H groups in total. The molecule has 1 amide bonds. The van der Waals surface area contributed by atoms with Crippen LogP contribution in [0.3, 0.4) is 0 Å². The number of unbranched alkanes of at least 4 members (excludes halogenated alkanes) is 1. The minimum absolute atomic E-state index is 0. The first kappa shape index (κ1) is 33.4. The van der Waals surface area contributed by atoms with Crippen molar-refractivity contribution in [2.24, 2.45) is 16.5 Å². The number of nitrogens with zero attached hydrogens (tertiary/aromatic N) is 1. The van der Waals surface area contributed by atoms with Crippen LogP contribution in [0.25, 0.3) is 0 Å². The number of benzene rings is 2. The highest BCUT2D eigenvalue weighted by atomic mass is 35.5. The molecule has 0 fully saturated rings. The largest absolute Gasteiger partial charge is 0.505 e. The van der Waals surface area contributed by atoms with Gasteiger partial charge in [-0.15, -0.1) is 24.8 Å². The van der Waals surface area contributed by atoms with Gasteiger partial charge < -0.3 is 31.4 Å². The Morgan fingerprint density at radius 2 is 1.81 bits per heavy atom. The number of hydrogen-bond donors (Lipinski definition) is 4. The van der Waals surface area contributed by atoms with E-state index in [4.69, 9.17) is 44.1 Å². The van der Waals surface area contributed by atoms with Gasteiger partial charge >= 0.3 is 5.97 Å². The van der Waals surface area contributed by atoms with Gasteiger partial charge in [0, 0.05) is 13.0 Å². The van der Waals surface area contributed by atoms with Gasteiger partial charge in [0.25, 0.3) is 5.91 Å². The predicted octanol–water partition coefficient (Wildman–Crippen LogP) is 3.88. The number of amides is 1. The summed E-state index contributed by atoms with van der Waals surface area (Å²) in [7, 11) is 0. The summed E-state index contributed by atoms with van der Waals surface area (Å²) in [6, 6.07) is 9.40. The number of rotatable bonds is 12. The molecule has 0 heterocycles. The van der Waals surface area contributed by atoms with Crippen LogP contribution in [0.5, 0.6) is 11.5 Å². The average Bonchev–Trinajstić information content (AvgIpc) is 2.80. The number of nitrogens with one attached hydrogen (secondary N) is 1. The highest BCUT2D eigenvalue weighted by molar-refractivity contribution is 6.39. The Morgan fingerprint density at radius 1 is 1.14 bits per heavy atom. The third kappa shape index (κ3) is 10.2. The van der Waals surface area contributed by atoms with Crippen LogP contribution in [0.4, 0.5) is 0 Å². The zero-order valence-corrected chi connectivity index (χ0v) is 22.7. The van der Waals surface area contributed by atoms with E-state index in [0.717, 1.165) is 5.56 Å². The number of aromatic hydroxyl groups is 1. The quantitative estimate of drug-likeness (QED) is 0.128. The summed E-state index contributed by atoms with van der Waals surface area (Å²) in [5.41, 5.74) is 11.2. The molecule has 0 spiro atoms. The maximum atomic E-state index is 12.9. The molecule has 1 atom stereocenters. The van der Waals surface area contributed by atoms with Gasteiger partial charge in [-0.05, 0) is 31.4 Å². The smallest absolute Gasteiger partial charge is 0.328 e. The second kappa shape index (κ2) is 17.0. The van der Waals surface area contributed by atoms with Crippen LogP contribution < -0.4 is 21.5 Å². The van der Waals surface area contributed by atoms with E-state index in [9.17, 15) is 14.7 Å². The lowest BCUT2D eigenvalue weighted by Gasteiger charge is -2.19. The van der Waals surface area contributed by atoms with Gasteiger partial charge in [-0.2, -0.15) is 0 Å². The number of hydrogen-bond acceptors (Lipinski definition) is 6. The van der Waals surface area contributed by atoms with E-state index in [-0.39, 0.29) is 71.8 Å². The maximum Gasteiger partial charge on any atom is 0.328 e. The fraction of sp³-hybridized carbons (Fsp3) is 0.348. The zero-order chi connectivity index (χ0) is 25.1. The second-order valence-electron chi connectivity index (χ2n) is 7.23. The van der Waals surface area contributed by atoms with Gasteiger partial charge in [0.2, 0.25) is 0 Å². The average molecular weight is 584 g/mol. The summed E-state index contributed by atoms with van der Waals surface area (Å²) in [5, 5.41) is 12.9. The van der Waals surface area contributed by atoms with E-state index in [1.165, 1.54) is 6.07 Å².